The molecule has 0 N–H and O–H groups in total. The standard InChI is InChI=1S/C15H14F2N2O3/c16-15(17)22-13-3-1-11(2-4-13)9-12(10-18)14(20)19-5-7-21-8-6-19/h1-4,9,15H,5-8H2. The van der Waals surface area contributed by atoms with Crippen LogP contribution in [0.2, 0.25) is 0 Å². The molecule has 22 heavy (non-hydrogen) atoms. The highest BCUT2D eigenvalue weighted by atomic mass is 19.3. The Kier molecular flexibility index (Phi) is 5.44. The zero-order valence-corrected chi connectivity index (χ0v) is 11.7. The van der Waals surface area contributed by atoms with Gasteiger partial charge >= 0.3 is 6.61 Å². The molecule has 1 aromatic rings. The van der Waals surface area contributed by atoms with Gasteiger partial charge in [-0.1, -0.05) is 12.1 Å². The average Bonchev–Trinajstić information content (AvgIpc) is 2.54. The van der Waals surface area contributed by atoms with Crippen molar-refractivity contribution >= 4 is 12.0 Å². The van der Waals surface area contributed by atoms with Gasteiger partial charge in [-0.2, -0.15) is 14.0 Å². The summed E-state index contributed by atoms with van der Waals surface area (Å²) in [7, 11) is 0. The smallest absolute Gasteiger partial charge is 0.387 e. The molecule has 0 aromatic heterocycles. The molecule has 0 radical (unpaired) electrons. The molecule has 2 rings (SSSR count). The summed E-state index contributed by atoms with van der Waals surface area (Å²) in [4.78, 5) is 13.8. The molecule has 0 unspecified atom stereocenters. The number of nitrogens with zero attached hydrogens (tertiary/aromatic N) is 2. The number of hydrogen-bond donors (Lipinski definition) is 0. The number of rotatable bonds is 4. The van der Waals surface area contributed by atoms with Gasteiger partial charge in [0.05, 0.1) is 13.2 Å². The Morgan fingerprint density at radius 1 is 1.32 bits per heavy atom. The number of amides is 1. The Balaban J connectivity index is 2.11. The van der Waals surface area contributed by atoms with Gasteiger partial charge in [-0.3, -0.25) is 4.79 Å². The second-order valence-electron chi connectivity index (χ2n) is 4.52. The summed E-state index contributed by atoms with van der Waals surface area (Å²) in [5.74, 6) is -0.344. The third kappa shape index (κ3) is 4.27. The molecule has 7 heteroatoms. The van der Waals surface area contributed by atoms with Gasteiger partial charge in [0.1, 0.15) is 17.4 Å². The SMILES string of the molecule is N#CC(=Cc1ccc(OC(F)F)cc1)C(=O)N1CCOCC1. The molecular weight excluding hydrogens is 294 g/mol. The van der Waals surface area contributed by atoms with Gasteiger partial charge in [0.2, 0.25) is 0 Å². The minimum absolute atomic E-state index is 0.00979. The van der Waals surface area contributed by atoms with Gasteiger partial charge in [0.15, 0.2) is 0 Å². The largest absolute Gasteiger partial charge is 0.435 e. The number of ether oxygens (including phenoxy) is 2. The van der Waals surface area contributed by atoms with Gasteiger partial charge < -0.3 is 14.4 Å². The van der Waals surface area contributed by atoms with Crippen molar-refractivity contribution in [2.75, 3.05) is 26.3 Å². The van der Waals surface area contributed by atoms with E-state index in [1.54, 1.807) is 4.90 Å². The van der Waals surface area contributed by atoms with Crippen molar-refractivity contribution in [2.45, 2.75) is 6.61 Å². The summed E-state index contributed by atoms with van der Waals surface area (Å²) in [6.45, 7) is -1.11. The summed E-state index contributed by atoms with van der Waals surface area (Å²) in [5, 5.41) is 9.14. The number of carbonyl (C=O) groups is 1. The van der Waals surface area contributed by atoms with Crippen LogP contribution in [0.5, 0.6) is 5.75 Å². The Morgan fingerprint density at radius 2 is 1.95 bits per heavy atom. The van der Waals surface area contributed by atoms with E-state index in [1.807, 2.05) is 6.07 Å². The molecule has 0 atom stereocenters. The van der Waals surface area contributed by atoms with Crippen molar-refractivity contribution in [3.05, 3.63) is 35.4 Å². The van der Waals surface area contributed by atoms with Gasteiger partial charge in [0, 0.05) is 13.1 Å². The van der Waals surface area contributed by atoms with Crippen molar-refractivity contribution in [3.63, 3.8) is 0 Å². The third-order valence-electron chi connectivity index (χ3n) is 3.07. The molecule has 5 nitrogen and oxygen atoms in total. The monoisotopic (exact) mass is 308 g/mol. The Hall–Kier alpha value is -2.46. The molecule has 0 saturated carbocycles. The lowest BCUT2D eigenvalue weighted by Gasteiger charge is -2.26. The molecule has 116 valence electrons. The molecule has 1 saturated heterocycles. The molecule has 0 bridgehead atoms. The predicted molar refractivity (Wildman–Crippen MR) is 74.1 cm³/mol. The van der Waals surface area contributed by atoms with E-state index in [0.29, 0.717) is 31.9 Å². The maximum absolute atomic E-state index is 12.2. The van der Waals surface area contributed by atoms with Crippen LogP contribution in [0.4, 0.5) is 8.78 Å². The molecule has 1 fully saturated rings. The fraction of sp³-hybridized carbons (Fsp3) is 0.333. The van der Waals surface area contributed by atoms with E-state index in [-0.39, 0.29) is 17.2 Å². The van der Waals surface area contributed by atoms with E-state index < -0.39 is 6.61 Å². The van der Waals surface area contributed by atoms with E-state index in [0.717, 1.165) is 0 Å². The first-order valence-corrected chi connectivity index (χ1v) is 6.64. The zero-order chi connectivity index (χ0) is 15.9. The van der Waals surface area contributed by atoms with E-state index in [1.165, 1.54) is 30.3 Å². The third-order valence-corrected chi connectivity index (χ3v) is 3.07. The number of carbonyl (C=O) groups excluding carboxylic acids is 1. The topological polar surface area (TPSA) is 62.6 Å². The second-order valence-corrected chi connectivity index (χ2v) is 4.52. The van der Waals surface area contributed by atoms with E-state index >= 15 is 0 Å². The minimum atomic E-state index is -2.89. The van der Waals surface area contributed by atoms with Crippen molar-refractivity contribution in [3.8, 4) is 11.8 Å². The molecule has 0 aliphatic carbocycles. The fourth-order valence-corrected chi connectivity index (χ4v) is 1.99. The van der Waals surface area contributed by atoms with Crippen LogP contribution >= 0.6 is 0 Å². The van der Waals surface area contributed by atoms with Crippen LogP contribution in [0.15, 0.2) is 29.8 Å². The van der Waals surface area contributed by atoms with E-state index in [2.05, 4.69) is 4.74 Å². The Labute approximate surface area is 126 Å². The van der Waals surface area contributed by atoms with Gasteiger partial charge in [-0.15, -0.1) is 0 Å². The molecular formula is C15H14F2N2O3. The predicted octanol–water partition coefficient (Wildman–Crippen LogP) is 2.05. The number of alkyl halides is 2. The van der Waals surface area contributed by atoms with Crippen molar-refractivity contribution in [1.29, 1.82) is 5.26 Å². The first-order valence-electron chi connectivity index (χ1n) is 6.64. The molecule has 1 heterocycles. The van der Waals surface area contributed by atoms with Crippen LogP contribution in [-0.4, -0.2) is 43.7 Å². The number of benzene rings is 1. The molecule has 1 aromatic carbocycles. The highest BCUT2D eigenvalue weighted by Gasteiger charge is 2.20. The molecule has 1 amide bonds. The Bertz CT molecular complexity index is 588. The normalized spacial score (nSPS) is 15.5. The summed E-state index contributed by atoms with van der Waals surface area (Å²) >= 11 is 0. The van der Waals surface area contributed by atoms with E-state index in [9.17, 15) is 13.6 Å². The van der Waals surface area contributed by atoms with Gasteiger partial charge in [-0.05, 0) is 23.8 Å². The fourth-order valence-electron chi connectivity index (χ4n) is 1.99. The number of morpholine rings is 1. The van der Waals surface area contributed by atoms with Crippen molar-refractivity contribution < 1.29 is 23.0 Å². The molecule has 1 aliphatic heterocycles. The first-order chi connectivity index (χ1) is 10.6. The summed E-state index contributed by atoms with van der Waals surface area (Å²) in [6.07, 6.45) is 1.42. The van der Waals surface area contributed by atoms with Crippen molar-refractivity contribution in [1.82, 2.24) is 4.90 Å². The number of halogens is 2. The van der Waals surface area contributed by atoms with Gasteiger partial charge in [0.25, 0.3) is 5.91 Å². The lowest BCUT2D eigenvalue weighted by atomic mass is 10.1. The second kappa shape index (κ2) is 7.52. The number of hydrogen-bond acceptors (Lipinski definition) is 4. The lowest BCUT2D eigenvalue weighted by Crippen LogP contribution is -2.41. The maximum Gasteiger partial charge on any atom is 0.387 e. The minimum Gasteiger partial charge on any atom is -0.435 e. The zero-order valence-electron chi connectivity index (χ0n) is 11.7. The molecule has 1 aliphatic rings. The van der Waals surface area contributed by atoms with Crippen LogP contribution in [0.25, 0.3) is 6.08 Å². The summed E-state index contributed by atoms with van der Waals surface area (Å²) in [6, 6.07) is 7.58. The molecule has 0 spiro atoms. The van der Waals surface area contributed by atoms with Crippen LogP contribution < -0.4 is 4.74 Å². The van der Waals surface area contributed by atoms with Crippen LogP contribution in [0.1, 0.15) is 5.56 Å². The lowest BCUT2D eigenvalue weighted by molar-refractivity contribution is -0.130. The first kappa shape index (κ1) is 15.9. The van der Waals surface area contributed by atoms with Crippen molar-refractivity contribution in [2.24, 2.45) is 0 Å². The summed E-state index contributed by atoms with van der Waals surface area (Å²) < 4.78 is 33.5. The highest BCUT2D eigenvalue weighted by molar-refractivity contribution is 6.01. The van der Waals surface area contributed by atoms with E-state index in [4.69, 9.17) is 10.00 Å². The number of nitriles is 1. The van der Waals surface area contributed by atoms with Gasteiger partial charge in [-0.25, -0.2) is 0 Å². The van der Waals surface area contributed by atoms with Crippen LogP contribution in [-0.2, 0) is 9.53 Å². The maximum atomic E-state index is 12.2. The Morgan fingerprint density at radius 3 is 2.50 bits per heavy atom. The average molecular weight is 308 g/mol. The highest BCUT2D eigenvalue weighted by Crippen LogP contribution is 2.17. The summed E-state index contributed by atoms with van der Waals surface area (Å²) in [5.41, 5.74) is 0.546. The quantitative estimate of drug-likeness (QED) is 0.631. The van der Waals surface area contributed by atoms with Crippen LogP contribution in [0, 0.1) is 11.3 Å². The van der Waals surface area contributed by atoms with Crippen LogP contribution in [0.3, 0.4) is 0 Å².